The van der Waals surface area contributed by atoms with Crippen LogP contribution in [0.25, 0.3) is 6.08 Å². The van der Waals surface area contributed by atoms with Crippen LogP contribution < -0.4 is 18.9 Å². The van der Waals surface area contributed by atoms with Gasteiger partial charge in [-0.05, 0) is 48.0 Å². The van der Waals surface area contributed by atoms with Crippen molar-refractivity contribution in [2.24, 2.45) is 0 Å². The molecule has 0 radical (unpaired) electrons. The number of benzene rings is 2. The topological polar surface area (TPSA) is 77.8 Å². The summed E-state index contributed by atoms with van der Waals surface area (Å²) in [6, 6.07) is 13.7. The maximum absolute atomic E-state index is 11.9. The maximum Gasteiger partial charge on any atom is 0.349 e. The minimum Gasteiger partial charge on any atom is -0.497 e. The van der Waals surface area contributed by atoms with Crippen LogP contribution in [0.15, 0.2) is 48.5 Å². The van der Waals surface area contributed by atoms with Gasteiger partial charge in [0.2, 0.25) is 0 Å². The Labute approximate surface area is 145 Å². The van der Waals surface area contributed by atoms with Crippen molar-refractivity contribution in [3.05, 3.63) is 54.1 Å². The Bertz CT molecular complexity index is 790. The molecule has 128 valence electrons. The van der Waals surface area contributed by atoms with E-state index in [4.69, 9.17) is 24.2 Å². The first-order valence-corrected chi connectivity index (χ1v) is 7.38. The Hall–Kier alpha value is -3.46. The average Bonchev–Trinajstić information content (AvgIpc) is 2.65. The van der Waals surface area contributed by atoms with Gasteiger partial charge in [-0.2, -0.15) is 5.26 Å². The summed E-state index contributed by atoms with van der Waals surface area (Å²) < 4.78 is 20.9. The molecule has 0 heterocycles. The second-order valence-corrected chi connectivity index (χ2v) is 4.81. The van der Waals surface area contributed by atoms with Gasteiger partial charge in [-0.1, -0.05) is 6.07 Å². The quantitative estimate of drug-likeness (QED) is 0.438. The van der Waals surface area contributed by atoms with Gasteiger partial charge in [0.25, 0.3) is 0 Å². The van der Waals surface area contributed by atoms with Gasteiger partial charge in [0.1, 0.15) is 11.5 Å². The van der Waals surface area contributed by atoms with Crippen molar-refractivity contribution in [3.8, 4) is 29.1 Å². The molecule has 0 aliphatic carbocycles. The van der Waals surface area contributed by atoms with Crippen LogP contribution in [-0.2, 0) is 4.79 Å². The summed E-state index contributed by atoms with van der Waals surface area (Å²) >= 11 is 0. The number of esters is 1. The standard InChI is InChI=1S/C19H17NO5/c1-22-15-6-8-16(9-7-15)24-13-19(21)25-17-10-5-14(4-3-11-20)12-18(17)23-2/h3-10,12H,13H2,1-2H3/b4-3-. The summed E-state index contributed by atoms with van der Waals surface area (Å²) in [4.78, 5) is 11.9. The largest absolute Gasteiger partial charge is 0.497 e. The zero-order chi connectivity index (χ0) is 18.1. The Morgan fingerprint density at radius 1 is 1.04 bits per heavy atom. The Balaban J connectivity index is 1.97. The number of nitriles is 1. The molecule has 6 nitrogen and oxygen atoms in total. The van der Waals surface area contributed by atoms with Crippen molar-refractivity contribution in [3.63, 3.8) is 0 Å². The van der Waals surface area contributed by atoms with Crippen LogP contribution in [0.5, 0.6) is 23.0 Å². The predicted molar refractivity (Wildman–Crippen MR) is 91.8 cm³/mol. The number of carbonyl (C=O) groups is 1. The summed E-state index contributed by atoms with van der Waals surface area (Å²) in [6.45, 7) is -0.244. The summed E-state index contributed by atoms with van der Waals surface area (Å²) in [5.74, 6) is 1.33. The molecule has 0 aliphatic rings. The van der Waals surface area contributed by atoms with Gasteiger partial charge in [-0.25, -0.2) is 4.79 Å². The lowest BCUT2D eigenvalue weighted by molar-refractivity contribution is -0.136. The molecule has 2 aromatic rings. The summed E-state index contributed by atoms with van der Waals surface area (Å²) in [5, 5.41) is 8.55. The zero-order valence-electron chi connectivity index (χ0n) is 13.9. The molecule has 6 heteroatoms. The predicted octanol–water partition coefficient (Wildman–Crippen LogP) is 3.22. The van der Waals surface area contributed by atoms with Crippen LogP contribution in [-0.4, -0.2) is 26.8 Å². The number of nitrogens with zero attached hydrogens (tertiary/aromatic N) is 1. The van der Waals surface area contributed by atoms with Crippen molar-refractivity contribution in [1.82, 2.24) is 0 Å². The van der Waals surface area contributed by atoms with Gasteiger partial charge in [0.15, 0.2) is 18.1 Å². The first-order chi connectivity index (χ1) is 12.2. The molecule has 0 saturated carbocycles. The average molecular weight is 339 g/mol. The number of carbonyl (C=O) groups excluding carboxylic acids is 1. The van der Waals surface area contributed by atoms with Gasteiger partial charge in [-0.3, -0.25) is 0 Å². The van der Waals surface area contributed by atoms with E-state index in [2.05, 4.69) is 0 Å². The SMILES string of the molecule is COc1ccc(OCC(=O)Oc2ccc(/C=C\C#N)cc2OC)cc1. The lowest BCUT2D eigenvalue weighted by Crippen LogP contribution is -2.18. The molecule has 0 aromatic heterocycles. The first-order valence-electron chi connectivity index (χ1n) is 7.38. The molecule has 0 atom stereocenters. The normalized spacial score (nSPS) is 10.1. The highest BCUT2D eigenvalue weighted by atomic mass is 16.6. The van der Waals surface area contributed by atoms with Crippen LogP contribution in [0.3, 0.4) is 0 Å². The van der Waals surface area contributed by atoms with Gasteiger partial charge < -0.3 is 18.9 Å². The summed E-state index contributed by atoms with van der Waals surface area (Å²) in [5.41, 5.74) is 0.757. The lowest BCUT2D eigenvalue weighted by Gasteiger charge is -2.11. The fourth-order valence-electron chi connectivity index (χ4n) is 1.97. The fraction of sp³-hybridized carbons (Fsp3) is 0.158. The Morgan fingerprint density at radius 2 is 1.76 bits per heavy atom. The van der Waals surface area contributed by atoms with Crippen LogP contribution in [0.2, 0.25) is 0 Å². The van der Waals surface area contributed by atoms with E-state index in [1.54, 1.807) is 55.7 Å². The minimum atomic E-state index is -0.561. The molecule has 0 unspecified atom stereocenters. The van der Waals surface area contributed by atoms with E-state index < -0.39 is 5.97 Å². The number of rotatable bonds is 7. The third-order valence-electron chi connectivity index (χ3n) is 3.18. The molecule has 0 aliphatic heterocycles. The molecular formula is C19H17NO5. The summed E-state index contributed by atoms with van der Waals surface area (Å²) in [7, 11) is 3.04. The molecule has 0 fully saturated rings. The van der Waals surface area contributed by atoms with E-state index in [0.29, 0.717) is 17.2 Å². The monoisotopic (exact) mass is 339 g/mol. The van der Waals surface area contributed by atoms with Gasteiger partial charge in [0, 0.05) is 6.08 Å². The Morgan fingerprint density at radius 3 is 2.40 bits per heavy atom. The van der Waals surface area contributed by atoms with Crippen LogP contribution >= 0.6 is 0 Å². The van der Waals surface area contributed by atoms with Gasteiger partial charge in [0.05, 0.1) is 20.3 Å². The number of allylic oxidation sites excluding steroid dienone is 1. The number of hydrogen-bond acceptors (Lipinski definition) is 6. The smallest absolute Gasteiger partial charge is 0.349 e. The highest BCUT2D eigenvalue weighted by molar-refractivity contribution is 5.75. The molecule has 0 N–H and O–H groups in total. The second kappa shape index (κ2) is 8.99. The molecule has 2 aromatic carbocycles. The fourth-order valence-corrected chi connectivity index (χ4v) is 1.97. The van der Waals surface area contributed by atoms with E-state index in [1.165, 1.54) is 13.2 Å². The van der Waals surface area contributed by atoms with Crippen LogP contribution in [0, 0.1) is 11.3 Å². The molecule has 2 rings (SSSR count). The molecule has 0 saturated heterocycles. The molecular weight excluding hydrogens is 322 g/mol. The second-order valence-electron chi connectivity index (χ2n) is 4.81. The minimum absolute atomic E-state index is 0.244. The van der Waals surface area contributed by atoms with Crippen molar-refractivity contribution < 1.29 is 23.7 Å². The third-order valence-corrected chi connectivity index (χ3v) is 3.18. The molecule has 0 bridgehead atoms. The number of methoxy groups -OCH3 is 2. The highest BCUT2D eigenvalue weighted by Crippen LogP contribution is 2.28. The van der Waals surface area contributed by atoms with E-state index in [9.17, 15) is 4.79 Å². The van der Waals surface area contributed by atoms with Crippen LogP contribution in [0.4, 0.5) is 0 Å². The number of hydrogen-bond donors (Lipinski definition) is 0. The third kappa shape index (κ3) is 5.29. The van der Waals surface area contributed by atoms with Crippen molar-refractivity contribution in [2.75, 3.05) is 20.8 Å². The summed E-state index contributed by atoms with van der Waals surface area (Å²) in [6.07, 6.45) is 2.98. The van der Waals surface area contributed by atoms with E-state index >= 15 is 0 Å². The van der Waals surface area contributed by atoms with E-state index in [-0.39, 0.29) is 12.4 Å². The maximum atomic E-state index is 11.9. The van der Waals surface area contributed by atoms with Crippen molar-refractivity contribution in [1.29, 1.82) is 5.26 Å². The Kier molecular flexibility index (Phi) is 6.43. The van der Waals surface area contributed by atoms with E-state index in [1.807, 2.05) is 6.07 Å². The number of ether oxygens (including phenoxy) is 4. The van der Waals surface area contributed by atoms with Gasteiger partial charge in [-0.15, -0.1) is 0 Å². The first kappa shape index (κ1) is 17.9. The van der Waals surface area contributed by atoms with Crippen molar-refractivity contribution >= 4 is 12.0 Å². The lowest BCUT2D eigenvalue weighted by atomic mass is 10.2. The molecule has 0 spiro atoms. The van der Waals surface area contributed by atoms with Crippen LogP contribution in [0.1, 0.15) is 5.56 Å². The zero-order valence-corrected chi connectivity index (χ0v) is 13.9. The van der Waals surface area contributed by atoms with Gasteiger partial charge >= 0.3 is 5.97 Å². The van der Waals surface area contributed by atoms with E-state index in [0.717, 1.165) is 5.56 Å². The van der Waals surface area contributed by atoms with Crippen molar-refractivity contribution in [2.45, 2.75) is 0 Å². The molecule has 25 heavy (non-hydrogen) atoms. The highest BCUT2D eigenvalue weighted by Gasteiger charge is 2.11. The molecule has 0 amide bonds.